The molecule has 1 saturated heterocycles. The van der Waals surface area contributed by atoms with Gasteiger partial charge in [-0.25, -0.2) is 4.98 Å². The number of rotatable bonds is 2. The lowest BCUT2D eigenvalue weighted by Gasteiger charge is -2.30. The molecule has 1 aromatic rings. The molecule has 0 bridgehead atoms. The number of aryl methyl sites for hydroxylation is 1. The number of nitrogens with one attached hydrogen (secondary N) is 1. The molecule has 0 radical (unpaired) electrons. The molecule has 1 aliphatic rings. The molecule has 0 spiro atoms. The van der Waals surface area contributed by atoms with E-state index in [1.165, 1.54) is 25.9 Å². The molecule has 0 atom stereocenters. The second-order valence-electron chi connectivity index (χ2n) is 4.40. The average Bonchev–Trinajstić information content (AvgIpc) is 2.61. The Morgan fingerprint density at radius 1 is 1.40 bits per heavy atom. The third kappa shape index (κ3) is 2.15. The Morgan fingerprint density at radius 3 is 2.67 bits per heavy atom. The number of piperidine rings is 1. The van der Waals surface area contributed by atoms with Gasteiger partial charge in [0.25, 0.3) is 0 Å². The summed E-state index contributed by atoms with van der Waals surface area (Å²) >= 11 is 0. The summed E-state index contributed by atoms with van der Waals surface area (Å²) in [7, 11) is 4.13. The number of likely N-dealkylation sites (tertiary alicyclic amines) is 1. The number of anilines is 1. The number of imidazole rings is 1. The van der Waals surface area contributed by atoms with Gasteiger partial charge in [0.15, 0.2) is 0 Å². The molecule has 0 aliphatic carbocycles. The summed E-state index contributed by atoms with van der Waals surface area (Å²) in [6.07, 6.45) is 4.60. The van der Waals surface area contributed by atoms with Crippen LogP contribution in [0.1, 0.15) is 24.6 Å². The van der Waals surface area contributed by atoms with Crippen molar-refractivity contribution in [1.82, 2.24) is 14.5 Å². The maximum atomic E-state index is 4.46. The van der Waals surface area contributed by atoms with Crippen LogP contribution in [0.15, 0.2) is 6.20 Å². The van der Waals surface area contributed by atoms with Crippen LogP contribution >= 0.6 is 0 Å². The van der Waals surface area contributed by atoms with E-state index in [-0.39, 0.29) is 0 Å². The molecule has 1 aromatic heterocycles. The predicted octanol–water partition coefficient (Wildman–Crippen LogP) is 1.50. The Kier molecular flexibility index (Phi) is 2.95. The fourth-order valence-corrected chi connectivity index (χ4v) is 2.25. The summed E-state index contributed by atoms with van der Waals surface area (Å²) in [6.45, 7) is 4.42. The molecule has 4 heteroatoms. The van der Waals surface area contributed by atoms with Gasteiger partial charge in [-0.3, -0.25) is 0 Å². The quantitative estimate of drug-likeness (QED) is 0.799. The highest BCUT2D eigenvalue weighted by Gasteiger charge is 2.20. The zero-order valence-corrected chi connectivity index (χ0v) is 9.82. The smallest absolute Gasteiger partial charge is 0.203 e. The Bertz CT molecular complexity index is 323. The first-order chi connectivity index (χ1) is 7.20. The highest BCUT2D eigenvalue weighted by molar-refractivity contribution is 5.28. The summed E-state index contributed by atoms with van der Waals surface area (Å²) in [6, 6.07) is 0.616. The molecule has 0 amide bonds. The zero-order chi connectivity index (χ0) is 10.8. The van der Waals surface area contributed by atoms with Crippen molar-refractivity contribution < 1.29 is 0 Å². The van der Waals surface area contributed by atoms with Crippen molar-refractivity contribution in [3.8, 4) is 0 Å². The van der Waals surface area contributed by atoms with Gasteiger partial charge in [0.05, 0.1) is 5.69 Å². The van der Waals surface area contributed by atoms with E-state index in [1.807, 2.05) is 14.0 Å². The summed E-state index contributed by atoms with van der Waals surface area (Å²) < 4.78 is 2.29. The summed E-state index contributed by atoms with van der Waals surface area (Å²) in [5.74, 6) is 1.00. The van der Waals surface area contributed by atoms with E-state index in [9.17, 15) is 0 Å². The average molecular weight is 208 g/mol. The first-order valence-corrected chi connectivity index (χ1v) is 5.62. The molecular weight excluding hydrogens is 188 g/mol. The first kappa shape index (κ1) is 10.5. The van der Waals surface area contributed by atoms with Crippen LogP contribution in [0.5, 0.6) is 0 Å². The molecule has 84 valence electrons. The fourth-order valence-electron chi connectivity index (χ4n) is 2.25. The topological polar surface area (TPSA) is 33.1 Å². The Hall–Kier alpha value is -1.03. The molecule has 15 heavy (non-hydrogen) atoms. The van der Waals surface area contributed by atoms with Gasteiger partial charge in [-0.2, -0.15) is 0 Å². The number of hydrogen-bond acceptors (Lipinski definition) is 3. The second kappa shape index (κ2) is 4.23. The van der Waals surface area contributed by atoms with Crippen LogP contribution in [-0.2, 0) is 0 Å². The molecule has 1 aliphatic heterocycles. The first-order valence-electron chi connectivity index (χ1n) is 5.62. The minimum absolute atomic E-state index is 0.616. The van der Waals surface area contributed by atoms with E-state index in [2.05, 4.69) is 33.0 Å². The minimum Gasteiger partial charge on any atom is -0.359 e. The zero-order valence-electron chi connectivity index (χ0n) is 9.82. The van der Waals surface area contributed by atoms with E-state index in [4.69, 9.17) is 0 Å². The molecule has 2 heterocycles. The lowest BCUT2D eigenvalue weighted by Crippen LogP contribution is -2.31. The molecule has 1 N–H and O–H groups in total. The molecule has 0 aromatic carbocycles. The standard InChI is InChI=1S/C11H20N4/c1-9-8-15(11(12-2)13-9)10-4-6-14(3)7-5-10/h8,10H,4-7H2,1-3H3,(H,12,13). The van der Waals surface area contributed by atoms with Crippen molar-refractivity contribution in [2.45, 2.75) is 25.8 Å². The van der Waals surface area contributed by atoms with Gasteiger partial charge in [0.1, 0.15) is 0 Å². The van der Waals surface area contributed by atoms with Gasteiger partial charge in [0.2, 0.25) is 5.95 Å². The van der Waals surface area contributed by atoms with E-state index in [0.29, 0.717) is 6.04 Å². The van der Waals surface area contributed by atoms with Gasteiger partial charge in [-0.15, -0.1) is 0 Å². The van der Waals surface area contributed by atoms with E-state index < -0.39 is 0 Å². The predicted molar refractivity (Wildman–Crippen MR) is 62.3 cm³/mol. The van der Waals surface area contributed by atoms with Crippen LogP contribution < -0.4 is 5.32 Å². The lowest BCUT2D eigenvalue weighted by atomic mass is 10.1. The van der Waals surface area contributed by atoms with Crippen LogP contribution in [0.2, 0.25) is 0 Å². The Labute approximate surface area is 91.3 Å². The van der Waals surface area contributed by atoms with Crippen LogP contribution in [0.25, 0.3) is 0 Å². The Balaban J connectivity index is 2.14. The molecule has 4 nitrogen and oxygen atoms in total. The lowest BCUT2D eigenvalue weighted by molar-refractivity contribution is 0.222. The van der Waals surface area contributed by atoms with Crippen molar-refractivity contribution in [3.05, 3.63) is 11.9 Å². The normalized spacial score (nSPS) is 19.4. The molecule has 2 rings (SSSR count). The van der Waals surface area contributed by atoms with Crippen LogP contribution in [0.4, 0.5) is 5.95 Å². The molecule has 1 fully saturated rings. The van der Waals surface area contributed by atoms with Crippen molar-refractivity contribution in [3.63, 3.8) is 0 Å². The van der Waals surface area contributed by atoms with Gasteiger partial charge >= 0.3 is 0 Å². The maximum absolute atomic E-state index is 4.46. The largest absolute Gasteiger partial charge is 0.359 e. The minimum atomic E-state index is 0.616. The summed E-state index contributed by atoms with van der Waals surface area (Å²) in [5, 5.41) is 3.16. The number of aromatic nitrogens is 2. The van der Waals surface area contributed by atoms with E-state index in [0.717, 1.165) is 11.6 Å². The number of nitrogens with zero attached hydrogens (tertiary/aromatic N) is 3. The third-order valence-electron chi connectivity index (χ3n) is 3.16. The monoisotopic (exact) mass is 208 g/mol. The molecule has 0 unspecified atom stereocenters. The van der Waals surface area contributed by atoms with Gasteiger partial charge in [-0.1, -0.05) is 0 Å². The van der Waals surface area contributed by atoms with Crippen molar-refractivity contribution in [2.24, 2.45) is 0 Å². The number of hydrogen-bond donors (Lipinski definition) is 1. The van der Waals surface area contributed by atoms with Crippen LogP contribution in [0, 0.1) is 6.92 Å². The Morgan fingerprint density at radius 2 is 2.07 bits per heavy atom. The third-order valence-corrected chi connectivity index (χ3v) is 3.16. The molecular formula is C11H20N4. The van der Waals surface area contributed by atoms with E-state index >= 15 is 0 Å². The summed E-state index contributed by atoms with van der Waals surface area (Å²) in [4.78, 5) is 6.85. The van der Waals surface area contributed by atoms with Gasteiger partial charge < -0.3 is 14.8 Å². The van der Waals surface area contributed by atoms with Crippen LogP contribution in [0.3, 0.4) is 0 Å². The highest BCUT2D eigenvalue weighted by Crippen LogP contribution is 2.25. The second-order valence-corrected chi connectivity index (χ2v) is 4.40. The van der Waals surface area contributed by atoms with Crippen molar-refractivity contribution in [1.29, 1.82) is 0 Å². The van der Waals surface area contributed by atoms with Crippen molar-refractivity contribution in [2.75, 3.05) is 32.5 Å². The van der Waals surface area contributed by atoms with Crippen molar-refractivity contribution >= 4 is 5.95 Å². The van der Waals surface area contributed by atoms with Crippen LogP contribution in [-0.4, -0.2) is 41.6 Å². The molecule has 0 saturated carbocycles. The SMILES string of the molecule is CNc1nc(C)cn1C1CCN(C)CC1. The highest BCUT2D eigenvalue weighted by atomic mass is 15.2. The maximum Gasteiger partial charge on any atom is 0.203 e. The summed E-state index contributed by atoms with van der Waals surface area (Å²) in [5.41, 5.74) is 1.10. The van der Waals surface area contributed by atoms with Gasteiger partial charge in [0, 0.05) is 19.3 Å². The van der Waals surface area contributed by atoms with Gasteiger partial charge in [-0.05, 0) is 39.9 Å². The van der Waals surface area contributed by atoms with E-state index in [1.54, 1.807) is 0 Å². The fraction of sp³-hybridized carbons (Fsp3) is 0.727.